The van der Waals surface area contributed by atoms with Gasteiger partial charge in [0.15, 0.2) is 0 Å². The quantitative estimate of drug-likeness (QED) is 0.723. The van der Waals surface area contributed by atoms with Crippen LogP contribution in [0.2, 0.25) is 0 Å². The minimum atomic E-state index is -3.28. The van der Waals surface area contributed by atoms with Crippen LogP contribution in [0.5, 0.6) is 0 Å². The maximum absolute atomic E-state index is 12.2. The monoisotopic (exact) mass is 282 g/mol. The molecule has 0 saturated carbocycles. The van der Waals surface area contributed by atoms with Crippen molar-refractivity contribution in [3.63, 3.8) is 0 Å². The van der Waals surface area contributed by atoms with Gasteiger partial charge in [-0.1, -0.05) is 13.8 Å². The molecule has 0 aromatic carbocycles. The summed E-state index contributed by atoms with van der Waals surface area (Å²) in [6.45, 7) is 6.12. The molecule has 0 radical (unpaired) electrons. The van der Waals surface area contributed by atoms with E-state index in [9.17, 15) is 8.42 Å². The van der Waals surface area contributed by atoms with Crippen molar-refractivity contribution < 1.29 is 8.42 Å². The number of nitrogens with zero attached hydrogens (tertiary/aromatic N) is 2. The van der Waals surface area contributed by atoms with Gasteiger partial charge in [-0.05, 0) is 24.7 Å². The molecule has 4 nitrogen and oxygen atoms in total. The molecular weight excluding hydrogens is 260 g/mol. The van der Waals surface area contributed by atoms with Gasteiger partial charge >= 0.3 is 0 Å². The van der Waals surface area contributed by atoms with E-state index in [0.717, 1.165) is 12.8 Å². The third-order valence-corrected chi connectivity index (χ3v) is 5.66. The fourth-order valence-electron chi connectivity index (χ4n) is 1.92. The summed E-state index contributed by atoms with van der Waals surface area (Å²) < 4.78 is 27.4. The molecule has 0 aromatic heterocycles. The second-order valence-electron chi connectivity index (χ2n) is 5.44. The SMILES string of the molecule is CN(CCCCl)S(=O)(=O)N1CCC(C)(C)CC1. The van der Waals surface area contributed by atoms with Crippen LogP contribution in [0.4, 0.5) is 0 Å². The van der Waals surface area contributed by atoms with E-state index in [1.807, 2.05) is 0 Å². The molecule has 1 heterocycles. The normalized spacial score (nSPS) is 21.9. The van der Waals surface area contributed by atoms with E-state index >= 15 is 0 Å². The molecule has 0 atom stereocenters. The fourth-order valence-corrected chi connectivity index (χ4v) is 3.43. The molecule has 1 aliphatic rings. The average molecular weight is 283 g/mol. The highest BCUT2D eigenvalue weighted by Crippen LogP contribution is 2.31. The lowest BCUT2D eigenvalue weighted by Crippen LogP contribution is -2.47. The zero-order chi connectivity index (χ0) is 13.1. The van der Waals surface area contributed by atoms with Crippen LogP contribution in [-0.4, -0.2) is 49.6 Å². The van der Waals surface area contributed by atoms with Crippen LogP contribution >= 0.6 is 11.6 Å². The maximum atomic E-state index is 12.2. The molecule has 0 aliphatic carbocycles. The second kappa shape index (κ2) is 5.87. The van der Waals surface area contributed by atoms with E-state index < -0.39 is 10.2 Å². The first-order valence-corrected chi connectivity index (χ1v) is 8.00. The van der Waals surface area contributed by atoms with E-state index in [-0.39, 0.29) is 5.41 Å². The lowest BCUT2D eigenvalue weighted by molar-refractivity contribution is 0.189. The first kappa shape index (κ1) is 15.2. The summed E-state index contributed by atoms with van der Waals surface area (Å²) in [4.78, 5) is 0. The van der Waals surface area contributed by atoms with Gasteiger partial charge in [0.25, 0.3) is 10.2 Å². The van der Waals surface area contributed by atoms with Crippen LogP contribution in [0.25, 0.3) is 0 Å². The van der Waals surface area contributed by atoms with Crippen LogP contribution in [0, 0.1) is 5.41 Å². The Balaban J connectivity index is 2.60. The topological polar surface area (TPSA) is 40.6 Å². The molecule has 0 amide bonds. The molecule has 1 aliphatic heterocycles. The van der Waals surface area contributed by atoms with Crippen molar-refractivity contribution in [2.45, 2.75) is 33.1 Å². The highest BCUT2D eigenvalue weighted by atomic mass is 35.5. The number of rotatable bonds is 5. The molecule has 1 rings (SSSR count). The molecule has 0 N–H and O–H groups in total. The van der Waals surface area contributed by atoms with Crippen LogP contribution in [0.1, 0.15) is 33.1 Å². The van der Waals surface area contributed by atoms with Crippen molar-refractivity contribution in [1.82, 2.24) is 8.61 Å². The molecule has 102 valence electrons. The van der Waals surface area contributed by atoms with E-state index in [1.54, 1.807) is 11.4 Å². The highest BCUT2D eigenvalue weighted by Gasteiger charge is 2.33. The Hall–Kier alpha value is 0.160. The summed E-state index contributed by atoms with van der Waals surface area (Å²) in [6.07, 6.45) is 2.54. The number of alkyl halides is 1. The van der Waals surface area contributed by atoms with Gasteiger partial charge in [-0.3, -0.25) is 0 Å². The molecule has 0 aromatic rings. The molecular formula is C11H23ClN2O2S. The minimum Gasteiger partial charge on any atom is -0.195 e. The number of halogens is 1. The van der Waals surface area contributed by atoms with E-state index in [4.69, 9.17) is 11.6 Å². The Morgan fingerprint density at radius 1 is 1.29 bits per heavy atom. The number of hydrogen-bond donors (Lipinski definition) is 0. The lowest BCUT2D eigenvalue weighted by atomic mass is 9.83. The van der Waals surface area contributed by atoms with Crippen molar-refractivity contribution in [2.24, 2.45) is 5.41 Å². The molecule has 0 unspecified atom stereocenters. The summed E-state index contributed by atoms with van der Waals surface area (Å²) >= 11 is 5.58. The molecule has 1 saturated heterocycles. The Morgan fingerprint density at radius 3 is 2.29 bits per heavy atom. The summed E-state index contributed by atoms with van der Waals surface area (Å²) in [5.41, 5.74) is 0.265. The zero-order valence-electron chi connectivity index (χ0n) is 10.9. The Labute approximate surface area is 110 Å². The summed E-state index contributed by atoms with van der Waals surface area (Å²) in [5.74, 6) is 0.493. The van der Waals surface area contributed by atoms with Gasteiger partial charge in [0.2, 0.25) is 0 Å². The number of hydrogen-bond acceptors (Lipinski definition) is 2. The van der Waals surface area contributed by atoms with Gasteiger partial charge in [0.05, 0.1) is 0 Å². The summed E-state index contributed by atoms with van der Waals surface area (Å²) in [5, 5.41) is 0. The van der Waals surface area contributed by atoms with E-state index in [2.05, 4.69) is 13.8 Å². The van der Waals surface area contributed by atoms with Gasteiger partial charge in [-0.15, -0.1) is 11.6 Å². The first-order chi connectivity index (χ1) is 7.79. The minimum absolute atomic E-state index is 0.265. The second-order valence-corrected chi connectivity index (χ2v) is 7.85. The zero-order valence-corrected chi connectivity index (χ0v) is 12.5. The summed E-state index contributed by atoms with van der Waals surface area (Å²) in [6, 6.07) is 0. The van der Waals surface area contributed by atoms with Gasteiger partial charge in [0.1, 0.15) is 0 Å². The van der Waals surface area contributed by atoms with Crippen molar-refractivity contribution in [3.05, 3.63) is 0 Å². The highest BCUT2D eigenvalue weighted by molar-refractivity contribution is 7.86. The van der Waals surface area contributed by atoms with Crippen LogP contribution < -0.4 is 0 Å². The van der Waals surface area contributed by atoms with Crippen molar-refractivity contribution in [1.29, 1.82) is 0 Å². The van der Waals surface area contributed by atoms with Crippen LogP contribution in [-0.2, 0) is 10.2 Å². The molecule has 6 heteroatoms. The van der Waals surface area contributed by atoms with Crippen molar-refractivity contribution in [3.8, 4) is 0 Å². The van der Waals surface area contributed by atoms with Gasteiger partial charge in [0, 0.05) is 32.6 Å². The molecule has 1 fully saturated rings. The Kier molecular flexibility index (Phi) is 5.25. The Bertz CT molecular complexity index is 333. The van der Waals surface area contributed by atoms with Gasteiger partial charge < -0.3 is 0 Å². The third-order valence-electron chi connectivity index (χ3n) is 3.40. The maximum Gasteiger partial charge on any atom is 0.281 e. The smallest absolute Gasteiger partial charge is 0.195 e. The van der Waals surface area contributed by atoms with Crippen molar-refractivity contribution in [2.75, 3.05) is 32.6 Å². The average Bonchev–Trinajstić information content (AvgIpc) is 2.25. The summed E-state index contributed by atoms with van der Waals surface area (Å²) in [7, 11) is -1.65. The lowest BCUT2D eigenvalue weighted by Gasteiger charge is -2.37. The van der Waals surface area contributed by atoms with Gasteiger partial charge in [-0.2, -0.15) is 17.0 Å². The van der Waals surface area contributed by atoms with E-state index in [1.165, 1.54) is 4.31 Å². The van der Waals surface area contributed by atoms with Gasteiger partial charge in [-0.25, -0.2) is 0 Å². The van der Waals surface area contributed by atoms with Crippen molar-refractivity contribution >= 4 is 21.8 Å². The van der Waals surface area contributed by atoms with E-state index in [0.29, 0.717) is 31.9 Å². The largest absolute Gasteiger partial charge is 0.281 e. The first-order valence-electron chi connectivity index (χ1n) is 6.07. The Morgan fingerprint density at radius 2 is 1.82 bits per heavy atom. The third kappa shape index (κ3) is 4.09. The molecule has 0 spiro atoms. The molecule has 0 bridgehead atoms. The van der Waals surface area contributed by atoms with Crippen LogP contribution in [0.3, 0.4) is 0 Å². The molecule has 17 heavy (non-hydrogen) atoms. The fraction of sp³-hybridized carbons (Fsp3) is 1.00. The number of piperidine rings is 1. The predicted octanol–water partition coefficient (Wildman–Crippen LogP) is 1.91. The standard InChI is InChI=1S/C11H23ClN2O2S/c1-11(2)5-9-14(10-6-11)17(15,16)13(3)8-4-7-12/h4-10H2,1-3H3. The van der Waals surface area contributed by atoms with Crippen LogP contribution in [0.15, 0.2) is 0 Å². The predicted molar refractivity (Wildman–Crippen MR) is 71.5 cm³/mol.